The quantitative estimate of drug-likeness (QED) is 0.796. The Kier molecular flexibility index (Phi) is 5.20. The number of carbonyl (C=O) groups excluding carboxylic acids is 2. The van der Waals surface area contributed by atoms with Crippen LogP contribution < -0.4 is 5.32 Å². The number of halogens is 1. The van der Waals surface area contributed by atoms with Gasteiger partial charge in [0.1, 0.15) is 0 Å². The molecule has 2 aromatic carbocycles. The Balaban J connectivity index is 2.13. The first-order valence-electron chi connectivity index (χ1n) is 6.31. The highest BCUT2D eigenvalue weighted by Crippen LogP contribution is 2.31. The molecule has 1 amide bonds. The summed E-state index contributed by atoms with van der Waals surface area (Å²) in [4.78, 5) is 24.5. The van der Waals surface area contributed by atoms with E-state index in [9.17, 15) is 9.59 Å². The molecular weight excluding hydrogens is 350 g/mol. The van der Waals surface area contributed by atoms with Crippen molar-refractivity contribution in [2.24, 2.45) is 0 Å². The predicted molar refractivity (Wildman–Crippen MR) is 89.0 cm³/mol. The predicted octanol–water partition coefficient (Wildman–Crippen LogP) is 4.76. The van der Waals surface area contributed by atoms with E-state index in [1.807, 2.05) is 42.5 Å². The van der Waals surface area contributed by atoms with Crippen LogP contribution in [0.2, 0.25) is 0 Å². The maximum absolute atomic E-state index is 11.4. The van der Waals surface area contributed by atoms with E-state index in [2.05, 4.69) is 21.2 Å². The number of nitrogens with one attached hydrogen (secondary N) is 1. The summed E-state index contributed by atoms with van der Waals surface area (Å²) in [5, 5.41) is 2.73. The van der Waals surface area contributed by atoms with Crippen LogP contribution in [0.3, 0.4) is 0 Å². The molecule has 0 radical (unpaired) electrons. The zero-order valence-corrected chi connectivity index (χ0v) is 14.0. The number of carbonyl (C=O) groups is 2. The van der Waals surface area contributed by atoms with Crippen molar-refractivity contribution in [1.82, 2.24) is 0 Å². The molecule has 0 saturated carbocycles. The van der Waals surface area contributed by atoms with Crippen molar-refractivity contribution in [3.63, 3.8) is 0 Å². The Morgan fingerprint density at radius 3 is 2.14 bits per heavy atom. The van der Waals surface area contributed by atoms with Crippen LogP contribution in [0.1, 0.15) is 24.2 Å². The van der Waals surface area contributed by atoms with E-state index in [-0.39, 0.29) is 11.7 Å². The topological polar surface area (TPSA) is 46.2 Å². The fourth-order valence-corrected chi connectivity index (χ4v) is 3.46. The lowest BCUT2D eigenvalue weighted by Crippen LogP contribution is -2.05. The van der Waals surface area contributed by atoms with Gasteiger partial charge >= 0.3 is 0 Å². The van der Waals surface area contributed by atoms with E-state index in [0.717, 1.165) is 20.0 Å². The molecule has 3 nitrogen and oxygen atoms in total. The van der Waals surface area contributed by atoms with Gasteiger partial charge in [-0.25, -0.2) is 0 Å². The summed E-state index contributed by atoms with van der Waals surface area (Å²) >= 11 is 5.01. The normalized spacial score (nSPS) is 10.2. The van der Waals surface area contributed by atoms with Gasteiger partial charge in [0.15, 0.2) is 5.78 Å². The second kappa shape index (κ2) is 6.91. The zero-order chi connectivity index (χ0) is 15.4. The van der Waals surface area contributed by atoms with Crippen molar-refractivity contribution in [1.29, 1.82) is 0 Å². The molecule has 0 atom stereocenters. The number of Topliss-reactive ketones (excluding diaryl/α,β-unsaturated/α-hetero) is 1. The number of amides is 1. The Labute approximate surface area is 136 Å². The maximum Gasteiger partial charge on any atom is 0.221 e. The third kappa shape index (κ3) is 4.44. The molecule has 0 aliphatic heterocycles. The van der Waals surface area contributed by atoms with Crippen LogP contribution in [0.5, 0.6) is 0 Å². The average Bonchev–Trinajstić information content (AvgIpc) is 2.40. The zero-order valence-electron chi connectivity index (χ0n) is 11.6. The van der Waals surface area contributed by atoms with E-state index in [4.69, 9.17) is 0 Å². The lowest BCUT2D eigenvalue weighted by atomic mass is 10.2. The molecule has 108 valence electrons. The molecule has 2 rings (SSSR count). The number of ketones is 1. The van der Waals surface area contributed by atoms with Gasteiger partial charge in [-0.2, -0.15) is 0 Å². The molecule has 0 saturated heterocycles. The molecular formula is C16H14BrNO2S. The minimum Gasteiger partial charge on any atom is -0.326 e. The van der Waals surface area contributed by atoms with E-state index < -0.39 is 0 Å². The summed E-state index contributed by atoms with van der Waals surface area (Å²) in [5.74, 6) is -0.0442. The van der Waals surface area contributed by atoms with Crippen LogP contribution in [0.25, 0.3) is 0 Å². The van der Waals surface area contributed by atoms with Gasteiger partial charge in [-0.1, -0.05) is 27.7 Å². The minimum absolute atomic E-state index is 0.0399. The van der Waals surface area contributed by atoms with Crippen molar-refractivity contribution in [2.45, 2.75) is 23.6 Å². The van der Waals surface area contributed by atoms with Gasteiger partial charge in [-0.15, -0.1) is 0 Å². The smallest absolute Gasteiger partial charge is 0.221 e. The van der Waals surface area contributed by atoms with Gasteiger partial charge in [-0.3, -0.25) is 9.59 Å². The first-order chi connectivity index (χ1) is 9.95. The highest BCUT2D eigenvalue weighted by atomic mass is 79.9. The molecule has 0 heterocycles. The summed E-state index contributed by atoms with van der Waals surface area (Å²) in [6.07, 6.45) is 0. The minimum atomic E-state index is -0.0841. The van der Waals surface area contributed by atoms with Crippen molar-refractivity contribution < 1.29 is 9.59 Å². The number of hydrogen-bond acceptors (Lipinski definition) is 3. The van der Waals surface area contributed by atoms with Gasteiger partial charge in [0.25, 0.3) is 0 Å². The molecule has 0 aliphatic carbocycles. The fourth-order valence-electron chi connectivity index (χ4n) is 1.79. The summed E-state index contributed by atoms with van der Waals surface area (Å²) < 4.78 is 0.801. The number of benzene rings is 2. The highest BCUT2D eigenvalue weighted by molar-refractivity contribution is 9.10. The molecule has 0 spiro atoms. The molecule has 0 fully saturated rings. The monoisotopic (exact) mass is 363 g/mol. The lowest BCUT2D eigenvalue weighted by Gasteiger charge is -2.06. The first-order valence-corrected chi connectivity index (χ1v) is 7.92. The Hall–Kier alpha value is -1.59. The van der Waals surface area contributed by atoms with Crippen LogP contribution in [-0.4, -0.2) is 11.7 Å². The van der Waals surface area contributed by atoms with Crippen molar-refractivity contribution in [2.75, 3.05) is 5.32 Å². The van der Waals surface area contributed by atoms with Crippen molar-refractivity contribution in [3.05, 3.63) is 52.5 Å². The van der Waals surface area contributed by atoms with E-state index in [0.29, 0.717) is 5.56 Å². The summed E-state index contributed by atoms with van der Waals surface area (Å²) in [6.45, 7) is 3.03. The van der Waals surface area contributed by atoms with E-state index in [1.54, 1.807) is 18.7 Å². The largest absolute Gasteiger partial charge is 0.326 e. The van der Waals surface area contributed by atoms with Crippen LogP contribution in [0.4, 0.5) is 5.69 Å². The molecule has 1 N–H and O–H groups in total. The fraction of sp³-hybridized carbons (Fsp3) is 0.125. The van der Waals surface area contributed by atoms with Crippen LogP contribution in [-0.2, 0) is 4.79 Å². The molecule has 5 heteroatoms. The molecule has 21 heavy (non-hydrogen) atoms. The standard InChI is InChI=1S/C16H14BrNO2S/c1-10(19)15-8-7-14(9-16(15)17)21-13-5-3-12(4-6-13)18-11(2)20/h3-9H,1-2H3,(H,18,20). The molecule has 0 aromatic heterocycles. The SMILES string of the molecule is CC(=O)Nc1ccc(Sc2ccc(C(C)=O)c(Br)c2)cc1. The third-order valence-electron chi connectivity index (χ3n) is 2.73. The van der Waals surface area contributed by atoms with E-state index in [1.165, 1.54) is 6.92 Å². The summed E-state index contributed by atoms with van der Waals surface area (Å²) in [7, 11) is 0. The van der Waals surface area contributed by atoms with Crippen LogP contribution in [0.15, 0.2) is 56.7 Å². The van der Waals surface area contributed by atoms with Gasteiger partial charge in [-0.05, 0) is 49.4 Å². The maximum atomic E-state index is 11.4. The highest BCUT2D eigenvalue weighted by Gasteiger charge is 2.07. The third-order valence-corrected chi connectivity index (χ3v) is 4.38. The van der Waals surface area contributed by atoms with Gasteiger partial charge in [0, 0.05) is 32.4 Å². The molecule has 0 unspecified atom stereocenters. The molecule has 0 bridgehead atoms. The molecule has 2 aromatic rings. The van der Waals surface area contributed by atoms with E-state index >= 15 is 0 Å². The second-order valence-corrected chi connectivity index (χ2v) is 6.51. The second-order valence-electron chi connectivity index (χ2n) is 4.51. The lowest BCUT2D eigenvalue weighted by molar-refractivity contribution is -0.114. The van der Waals surface area contributed by atoms with Gasteiger partial charge < -0.3 is 5.32 Å². The van der Waals surface area contributed by atoms with Crippen molar-refractivity contribution in [3.8, 4) is 0 Å². The average molecular weight is 364 g/mol. The van der Waals surface area contributed by atoms with Crippen LogP contribution >= 0.6 is 27.7 Å². The van der Waals surface area contributed by atoms with Gasteiger partial charge in [0.05, 0.1) is 0 Å². The Morgan fingerprint density at radius 2 is 1.62 bits per heavy atom. The number of anilines is 1. The summed E-state index contributed by atoms with van der Waals surface area (Å²) in [6, 6.07) is 13.3. The first kappa shape index (κ1) is 15.8. The Morgan fingerprint density at radius 1 is 1.00 bits per heavy atom. The van der Waals surface area contributed by atoms with Gasteiger partial charge in [0.2, 0.25) is 5.91 Å². The van der Waals surface area contributed by atoms with Crippen molar-refractivity contribution >= 4 is 45.1 Å². The Bertz CT molecular complexity index is 683. The number of rotatable bonds is 4. The van der Waals surface area contributed by atoms with Crippen LogP contribution in [0, 0.1) is 0 Å². The number of hydrogen-bond donors (Lipinski definition) is 1. The molecule has 0 aliphatic rings. The summed E-state index contributed by atoms with van der Waals surface area (Å²) in [5.41, 5.74) is 1.46.